The molecule has 0 unspecified atom stereocenters. The van der Waals surface area contributed by atoms with Gasteiger partial charge in [0.2, 0.25) is 0 Å². The van der Waals surface area contributed by atoms with Gasteiger partial charge in [-0.25, -0.2) is 14.3 Å². The van der Waals surface area contributed by atoms with E-state index in [0.717, 1.165) is 24.2 Å². The maximum absolute atomic E-state index is 12.7. The lowest BCUT2D eigenvalue weighted by Gasteiger charge is -2.09. The molecule has 0 radical (unpaired) electrons. The number of urea groups is 1. The van der Waals surface area contributed by atoms with Crippen molar-refractivity contribution in [2.75, 3.05) is 13.7 Å². The molecule has 1 aromatic heterocycles. The van der Waals surface area contributed by atoms with Crippen LogP contribution in [0.4, 0.5) is 4.79 Å². The quantitative estimate of drug-likeness (QED) is 0.788. The number of aromatic nitrogens is 3. The van der Waals surface area contributed by atoms with Gasteiger partial charge >= 0.3 is 11.7 Å². The molecule has 8 nitrogen and oxygen atoms in total. The topological polar surface area (TPSA) is 90.2 Å². The molecule has 1 heterocycles. The number of amides is 2. The highest BCUT2D eigenvalue weighted by molar-refractivity contribution is 5.74. The standard InChI is InChI=1S/C18H25N5O3/c1-12(2)20-17(24)19-10-11-22-18(25)23(14-6-7-14)16(21-22)13-4-8-15(26-3)9-5-13/h4-5,8-9,12,14H,6-7,10-11H2,1-3H3,(H2,19,20,24). The van der Waals surface area contributed by atoms with Crippen molar-refractivity contribution in [2.24, 2.45) is 0 Å². The zero-order valence-corrected chi connectivity index (χ0v) is 15.4. The number of carbonyl (C=O) groups is 1. The minimum absolute atomic E-state index is 0.0634. The minimum Gasteiger partial charge on any atom is -0.497 e. The van der Waals surface area contributed by atoms with E-state index in [1.165, 1.54) is 4.68 Å². The van der Waals surface area contributed by atoms with Gasteiger partial charge in [-0.15, -0.1) is 5.10 Å². The van der Waals surface area contributed by atoms with Crippen LogP contribution in [-0.4, -0.2) is 40.1 Å². The zero-order valence-electron chi connectivity index (χ0n) is 15.4. The fourth-order valence-corrected chi connectivity index (χ4v) is 2.75. The van der Waals surface area contributed by atoms with Gasteiger partial charge in [0.15, 0.2) is 5.82 Å². The number of nitrogens with one attached hydrogen (secondary N) is 2. The number of methoxy groups -OCH3 is 1. The van der Waals surface area contributed by atoms with Crippen molar-refractivity contribution >= 4 is 6.03 Å². The van der Waals surface area contributed by atoms with Crippen molar-refractivity contribution in [1.82, 2.24) is 25.0 Å². The molecular weight excluding hydrogens is 334 g/mol. The number of ether oxygens (including phenoxy) is 1. The Morgan fingerprint density at radius 1 is 1.31 bits per heavy atom. The van der Waals surface area contributed by atoms with E-state index in [-0.39, 0.29) is 23.8 Å². The lowest BCUT2D eigenvalue weighted by molar-refractivity contribution is 0.238. The van der Waals surface area contributed by atoms with Gasteiger partial charge < -0.3 is 15.4 Å². The second-order valence-corrected chi connectivity index (χ2v) is 6.71. The second-order valence-electron chi connectivity index (χ2n) is 6.71. The van der Waals surface area contributed by atoms with Crippen LogP contribution in [0, 0.1) is 0 Å². The van der Waals surface area contributed by atoms with E-state index in [2.05, 4.69) is 15.7 Å². The highest BCUT2D eigenvalue weighted by atomic mass is 16.5. The molecule has 3 rings (SSSR count). The van der Waals surface area contributed by atoms with Gasteiger partial charge in [-0.3, -0.25) is 4.57 Å². The van der Waals surface area contributed by atoms with Crippen molar-refractivity contribution in [3.05, 3.63) is 34.7 Å². The molecule has 2 aromatic rings. The first-order chi connectivity index (χ1) is 12.5. The number of carbonyl (C=O) groups excluding carboxylic acids is 1. The van der Waals surface area contributed by atoms with Crippen LogP contribution >= 0.6 is 0 Å². The van der Waals surface area contributed by atoms with E-state index in [1.54, 1.807) is 11.7 Å². The Kier molecular flexibility index (Phi) is 5.29. The Hall–Kier alpha value is -2.77. The van der Waals surface area contributed by atoms with Gasteiger partial charge in [0.05, 0.1) is 13.7 Å². The van der Waals surface area contributed by atoms with E-state index in [4.69, 9.17) is 4.74 Å². The van der Waals surface area contributed by atoms with Gasteiger partial charge in [-0.05, 0) is 51.0 Å². The predicted molar refractivity (Wildman–Crippen MR) is 98.4 cm³/mol. The van der Waals surface area contributed by atoms with E-state index in [0.29, 0.717) is 18.9 Å². The summed E-state index contributed by atoms with van der Waals surface area (Å²) in [4.78, 5) is 24.4. The van der Waals surface area contributed by atoms with Crippen LogP contribution in [0.3, 0.4) is 0 Å². The van der Waals surface area contributed by atoms with Crippen molar-refractivity contribution < 1.29 is 9.53 Å². The summed E-state index contributed by atoms with van der Waals surface area (Å²) in [6.45, 7) is 4.44. The molecule has 140 valence electrons. The van der Waals surface area contributed by atoms with Crippen LogP contribution in [0.2, 0.25) is 0 Å². The summed E-state index contributed by atoms with van der Waals surface area (Å²) < 4.78 is 8.37. The number of nitrogens with zero attached hydrogens (tertiary/aromatic N) is 3. The molecule has 1 aliphatic carbocycles. The Morgan fingerprint density at radius 2 is 2.00 bits per heavy atom. The summed E-state index contributed by atoms with van der Waals surface area (Å²) in [6, 6.07) is 7.54. The molecule has 2 amide bonds. The fraction of sp³-hybridized carbons (Fsp3) is 0.500. The van der Waals surface area contributed by atoms with Gasteiger partial charge in [0.1, 0.15) is 5.75 Å². The third kappa shape index (κ3) is 4.07. The summed E-state index contributed by atoms with van der Waals surface area (Å²) in [7, 11) is 1.62. The third-order valence-electron chi connectivity index (χ3n) is 4.16. The average Bonchev–Trinajstić information content (AvgIpc) is 3.39. The van der Waals surface area contributed by atoms with E-state index in [1.807, 2.05) is 38.1 Å². The van der Waals surface area contributed by atoms with Crippen LogP contribution in [0.1, 0.15) is 32.7 Å². The van der Waals surface area contributed by atoms with Gasteiger partial charge in [-0.2, -0.15) is 0 Å². The Bertz CT molecular complexity index is 818. The van der Waals surface area contributed by atoms with Gasteiger partial charge in [0, 0.05) is 24.2 Å². The van der Waals surface area contributed by atoms with Crippen LogP contribution < -0.4 is 21.1 Å². The largest absolute Gasteiger partial charge is 0.497 e. The van der Waals surface area contributed by atoms with E-state index in [9.17, 15) is 9.59 Å². The summed E-state index contributed by atoms with van der Waals surface area (Å²) >= 11 is 0. The maximum Gasteiger partial charge on any atom is 0.346 e. The minimum atomic E-state index is -0.245. The SMILES string of the molecule is COc1ccc(-c2nn(CCNC(=O)NC(C)C)c(=O)n2C2CC2)cc1. The number of rotatable bonds is 7. The Morgan fingerprint density at radius 3 is 2.58 bits per heavy atom. The molecule has 1 aromatic carbocycles. The molecule has 1 aliphatic rings. The molecule has 2 N–H and O–H groups in total. The average molecular weight is 359 g/mol. The highest BCUT2D eigenvalue weighted by Crippen LogP contribution is 2.36. The van der Waals surface area contributed by atoms with Gasteiger partial charge in [0.25, 0.3) is 0 Å². The lowest BCUT2D eigenvalue weighted by Crippen LogP contribution is -2.41. The van der Waals surface area contributed by atoms with Crippen LogP contribution in [0.5, 0.6) is 5.75 Å². The number of hydrogen-bond donors (Lipinski definition) is 2. The first-order valence-corrected chi connectivity index (χ1v) is 8.87. The van der Waals surface area contributed by atoms with Crippen molar-refractivity contribution in [3.63, 3.8) is 0 Å². The summed E-state index contributed by atoms with van der Waals surface area (Å²) in [5.74, 6) is 1.42. The molecule has 1 fully saturated rings. The van der Waals surface area contributed by atoms with E-state index < -0.39 is 0 Å². The lowest BCUT2D eigenvalue weighted by atomic mass is 10.2. The summed E-state index contributed by atoms with van der Waals surface area (Å²) in [6.07, 6.45) is 1.98. The fourth-order valence-electron chi connectivity index (χ4n) is 2.75. The predicted octanol–water partition coefficient (Wildman–Crippen LogP) is 1.76. The van der Waals surface area contributed by atoms with Gasteiger partial charge in [-0.1, -0.05) is 0 Å². The highest BCUT2D eigenvalue weighted by Gasteiger charge is 2.30. The smallest absolute Gasteiger partial charge is 0.346 e. The first kappa shape index (κ1) is 18.0. The Balaban J connectivity index is 1.77. The first-order valence-electron chi connectivity index (χ1n) is 8.87. The molecule has 0 bridgehead atoms. The van der Waals surface area contributed by atoms with Crippen molar-refractivity contribution in [1.29, 1.82) is 0 Å². The molecule has 1 saturated carbocycles. The summed E-state index contributed by atoms with van der Waals surface area (Å²) in [5.41, 5.74) is 0.739. The normalized spacial score (nSPS) is 13.7. The van der Waals surface area contributed by atoms with Crippen LogP contribution in [0.25, 0.3) is 11.4 Å². The monoisotopic (exact) mass is 359 g/mol. The Labute approximate surface area is 152 Å². The molecule has 0 aliphatic heterocycles. The second kappa shape index (κ2) is 7.63. The number of hydrogen-bond acceptors (Lipinski definition) is 4. The number of benzene rings is 1. The van der Waals surface area contributed by atoms with Crippen molar-refractivity contribution in [3.8, 4) is 17.1 Å². The molecule has 0 saturated heterocycles. The van der Waals surface area contributed by atoms with Crippen LogP contribution in [-0.2, 0) is 6.54 Å². The molecule has 8 heteroatoms. The molecule has 26 heavy (non-hydrogen) atoms. The molecule has 0 spiro atoms. The molecule has 0 atom stereocenters. The zero-order chi connectivity index (χ0) is 18.7. The molecular formula is C18H25N5O3. The van der Waals surface area contributed by atoms with E-state index >= 15 is 0 Å². The summed E-state index contributed by atoms with van der Waals surface area (Å²) in [5, 5.41) is 10.0. The maximum atomic E-state index is 12.7. The van der Waals surface area contributed by atoms with Crippen molar-refractivity contribution in [2.45, 2.75) is 45.3 Å². The van der Waals surface area contributed by atoms with Crippen LogP contribution in [0.15, 0.2) is 29.1 Å². The third-order valence-corrected chi connectivity index (χ3v) is 4.16.